The maximum Gasteiger partial charge on any atom is 0.496 e. The molecule has 0 aromatic heterocycles. The maximum atomic E-state index is 10.7. The molecular weight excluding hydrogens is 265 g/mol. The molecule has 0 bridgehead atoms. The highest BCUT2D eigenvalue weighted by molar-refractivity contribution is 7.46. The van der Waals surface area contributed by atoms with Crippen molar-refractivity contribution >= 4 is 19.5 Å². The van der Waals surface area contributed by atoms with Crippen molar-refractivity contribution < 1.29 is 33.5 Å². The van der Waals surface area contributed by atoms with Crippen molar-refractivity contribution in [3.63, 3.8) is 0 Å². The van der Waals surface area contributed by atoms with Crippen molar-refractivity contribution in [3.8, 4) is 0 Å². The second-order valence-electron chi connectivity index (χ2n) is 3.18. The molecule has 9 heteroatoms. The Kier molecular flexibility index (Phi) is 9.24. The number of carbonyl (C=O) groups excluding carboxylic acids is 2. The Morgan fingerprint density at radius 2 is 1.61 bits per heavy atom. The average molecular weight is 281 g/mol. The Morgan fingerprint density at radius 3 is 1.83 bits per heavy atom. The van der Waals surface area contributed by atoms with Gasteiger partial charge in [-0.15, -0.1) is 4.67 Å². The first-order chi connectivity index (χ1) is 7.97. The van der Waals surface area contributed by atoms with Crippen LogP contribution in [0.1, 0.15) is 13.8 Å². The normalized spacial score (nSPS) is 10.0. The van der Waals surface area contributed by atoms with E-state index >= 15 is 0 Å². The van der Waals surface area contributed by atoms with Crippen LogP contribution in [-0.4, -0.2) is 28.1 Å². The van der Waals surface area contributed by atoms with Crippen LogP contribution in [0.5, 0.6) is 0 Å². The smallest absolute Gasteiger partial charge is 0.366 e. The van der Waals surface area contributed by atoms with E-state index in [-0.39, 0.29) is 5.57 Å². The van der Waals surface area contributed by atoms with Gasteiger partial charge in [0.2, 0.25) is 5.91 Å². The quantitative estimate of drug-likeness (QED) is 0.274. The van der Waals surface area contributed by atoms with Crippen molar-refractivity contribution in [2.45, 2.75) is 13.8 Å². The Morgan fingerprint density at radius 1 is 1.22 bits per heavy atom. The SMILES string of the molecule is C=C(C)C(=O)COOP(=O)(O)O.C=C(C)C(N)=O. The number of primary amides is 1. The van der Waals surface area contributed by atoms with Crippen LogP contribution in [-0.2, 0) is 23.7 Å². The molecule has 0 rings (SSSR count). The lowest BCUT2D eigenvalue weighted by molar-refractivity contribution is -0.218. The summed E-state index contributed by atoms with van der Waals surface area (Å²) in [5.74, 6) is -0.918. The summed E-state index contributed by atoms with van der Waals surface area (Å²) >= 11 is 0. The van der Waals surface area contributed by atoms with Gasteiger partial charge in [0.25, 0.3) is 0 Å². The van der Waals surface area contributed by atoms with Gasteiger partial charge in [-0.05, 0) is 19.4 Å². The third-order valence-corrected chi connectivity index (χ3v) is 1.54. The van der Waals surface area contributed by atoms with Crippen molar-refractivity contribution in [1.29, 1.82) is 0 Å². The second kappa shape index (κ2) is 8.73. The highest BCUT2D eigenvalue weighted by atomic mass is 31.2. The molecule has 8 nitrogen and oxygen atoms in total. The van der Waals surface area contributed by atoms with Crippen molar-refractivity contribution in [2.75, 3.05) is 6.61 Å². The van der Waals surface area contributed by atoms with E-state index < -0.39 is 26.1 Å². The molecule has 0 aromatic carbocycles. The van der Waals surface area contributed by atoms with Crippen LogP contribution in [0.3, 0.4) is 0 Å². The molecule has 0 unspecified atom stereocenters. The number of hydrogen-bond donors (Lipinski definition) is 3. The van der Waals surface area contributed by atoms with Gasteiger partial charge in [0.1, 0.15) is 6.61 Å². The molecule has 0 saturated carbocycles. The zero-order valence-electron chi connectivity index (χ0n) is 10.1. The maximum absolute atomic E-state index is 10.7. The zero-order valence-corrected chi connectivity index (χ0v) is 11.0. The van der Waals surface area contributed by atoms with Crippen LogP contribution < -0.4 is 5.73 Å². The number of nitrogens with two attached hydrogens (primary N) is 1. The standard InChI is InChI=1S/C5H9O6P.C4H7NO/c1-4(2)5(6)3-10-11-12(7,8)9;1-3(2)4(5)6/h1,3H2,2H3,(H2,7,8,9);1H2,2H3,(H2,5,6). The zero-order chi connectivity index (χ0) is 14.9. The molecule has 0 aliphatic rings. The number of amides is 1. The van der Waals surface area contributed by atoms with E-state index in [2.05, 4.69) is 22.7 Å². The van der Waals surface area contributed by atoms with Crippen molar-refractivity contribution in [2.24, 2.45) is 5.73 Å². The lowest BCUT2D eigenvalue weighted by Gasteiger charge is -2.02. The fraction of sp³-hybridized carbons (Fsp3) is 0.333. The summed E-state index contributed by atoms with van der Waals surface area (Å²) in [6, 6.07) is 0. The minimum Gasteiger partial charge on any atom is -0.366 e. The molecule has 0 aliphatic carbocycles. The van der Waals surface area contributed by atoms with Gasteiger partial charge in [-0.3, -0.25) is 9.59 Å². The van der Waals surface area contributed by atoms with Gasteiger partial charge in [0, 0.05) is 5.57 Å². The summed E-state index contributed by atoms with van der Waals surface area (Å²) in [7, 11) is -4.66. The Labute approximate surface area is 104 Å². The van der Waals surface area contributed by atoms with Crippen LogP contribution in [0.25, 0.3) is 0 Å². The van der Waals surface area contributed by atoms with E-state index in [9.17, 15) is 14.2 Å². The summed E-state index contributed by atoms with van der Waals surface area (Å²) in [4.78, 5) is 40.6. The summed E-state index contributed by atoms with van der Waals surface area (Å²) in [6.07, 6.45) is 0. The molecule has 0 atom stereocenters. The predicted octanol–water partition coefficient (Wildman–Crippen LogP) is 0.220. The molecule has 0 heterocycles. The lowest BCUT2D eigenvalue weighted by Crippen LogP contribution is -2.10. The molecule has 0 fully saturated rings. The van der Waals surface area contributed by atoms with Gasteiger partial charge in [-0.2, -0.15) is 0 Å². The largest absolute Gasteiger partial charge is 0.496 e. The number of Topliss-reactive ketones (excluding diaryl/α,β-unsaturated/α-hetero) is 1. The highest BCUT2D eigenvalue weighted by Crippen LogP contribution is 2.35. The second-order valence-corrected chi connectivity index (χ2v) is 4.31. The number of rotatable bonds is 6. The van der Waals surface area contributed by atoms with Crippen LogP contribution in [0.15, 0.2) is 24.3 Å². The molecule has 0 aliphatic heterocycles. The van der Waals surface area contributed by atoms with Crippen LogP contribution >= 0.6 is 7.82 Å². The Balaban J connectivity index is 0. The van der Waals surface area contributed by atoms with Crippen LogP contribution in [0.2, 0.25) is 0 Å². The molecule has 0 aromatic rings. The molecule has 0 saturated heterocycles. The fourth-order valence-electron chi connectivity index (χ4n) is 0.272. The molecular formula is C9H16NO7P. The Hall–Kier alpha value is -1.31. The van der Waals surface area contributed by atoms with Crippen LogP contribution in [0, 0.1) is 0 Å². The average Bonchev–Trinajstić information content (AvgIpc) is 2.16. The number of carbonyl (C=O) groups is 2. The Bertz CT molecular complexity index is 372. The first-order valence-electron chi connectivity index (χ1n) is 4.48. The lowest BCUT2D eigenvalue weighted by atomic mass is 10.2. The fourth-order valence-corrected chi connectivity index (χ4v) is 0.462. The number of ketones is 1. The molecule has 18 heavy (non-hydrogen) atoms. The molecule has 4 N–H and O–H groups in total. The van der Waals surface area contributed by atoms with Gasteiger partial charge in [0.15, 0.2) is 5.78 Å². The third kappa shape index (κ3) is 14.7. The van der Waals surface area contributed by atoms with E-state index in [1.54, 1.807) is 6.92 Å². The summed E-state index contributed by atoms with van der Waals surface area (Å²) < 4.78 is 13.6. The topological polar surface area (TPSA) is 136 Å². The van der Waals surface area contributed by atoms with Gasteiger partial charge in [-0.1, -0.05) is 13.2 Å². The van der Waals surface area contributed by atoms with Crippen LogP contribution in [0.4, 0.5) is 0 Å². The summed E-state index contributed by atoms with van der Waals surface area (Å²) in [6.45, 7) is 9.04. The number of phosphoric acid groups is 1. The van der Waals surface area contributed by atoms with Crippen molar-refractivity contribution in [1.82, 2.24) is 0 Å². The van der Waals surface area contributed by atoms with E-state index in [0.29, 0.717) is 5.57 Å². The van der Waals surface area contributed by atoms with Gasteiger partial charge < -0.3 is 15.5 Å². The van der Waals surface area contributed by atoms with Gasteiger partial charge in [0.05, 0.1) is 0 Å². The van der Waals surface area contributed by atoms with Crippen molar-refractivity contribution in [3.05, 3.63) is 24.3 Å². The molecule has 0 radical (unpaired) electrons. The summed E-state index contributed by atoms with van der Waals surface area (Å²) in [5.41, 5.74) is 5.32. The molecule has 104 valence electrons. The van der Waals surface area contributed by atoms with E-state index in [0.717, 1.165) is 0 Å². The number of hydrogen-bond acceptors (Lipinski definition) is 5. The molecule has 0 spiro atoms. The van der Waals surface area contributed by atoms with E-state index in [1.165, 1.54) is 6.92 Å². The molecule has 1 amide bonds. The first-order valence-corrected chi connectivity index (χ1v) is 6.01. The van der Waals surface area contributed by atoms with Gasteiger partial charge >= 0.3 is 7.82 Å². The minimum absolute atomic E-state index is 0.226. The first kappa shape index (κ1) is 19.0. The summed E-state index contributed by atoms with van der Waals surface area (Å²) in [5, 5.41) is 0. The monoisotopic (exact) mass is 281 g/mol. The van der Waals surface area contributed by atoms with E-state index in [4.69, 9.17) is 15.5 Å². The highest BCUT2D eigenvalue weighted by Gasteiger charge is 2.16. The predicted molar refractivity (Wildman–Crippen MR) is 62.9 cm³/mol. The third-order valence-electron chi connectivity index (χ3n) is 1.24. The minimum atomic E-state index is -4.66. The van der Waals surface area contributed by atoms with E-state index in [1.807, 2.05) is 0 Å². The van der Waals surface area contributed by atoms with Gasteiger partial charge in [-0.25, -0.2) is 9.45 Å².